The van der Waals surface area contributed by atoms with Crippen LogP contribution in [-0.2, 0) is 11.3 Å². The van der Waals surface area contributed by atoms with E-state index in [1.807, 2.05) is 72.3 Å². The van der Waals surface area contributed by atoms with E-state index in [1.165, 1.54) is 0 Å². The molecule has 5 heteroatoms. The third kappa shape index (κ3) is 4.60. The minimum atomic E-state index is -0.303. The van der Waals surface area contributed by atoms with Crippen molar-refractivity contribution in [2.24, 2.45) is 5.10 Å². The third-order valence-electron chi connectivity index (χ3n) is 3.92. The monoisotopic (exact) mass is 347 g/mol. The number of nitrogens with one attached hydrogen (secondary N) is 1. The average molecular weight is 347 g/mol. The van der Waals surface area contributed by atoms with E-state index in [0.29, 0.717) is 5.75 Å². The molecule has 0 aliphatic carbocycles. The van der Waals surface area contributed by atoms with Gasteiger partial charge in [0.15, 0.2) is 6.61 Å². The Labute approximate surface area is 152 Å². The number of aromatic nitrogens is 1. The molecule has 0 aliphatic heterocycles. The van der Waals surface area contributed by atoms with Crippen LogP contribution >= 0.6 is 0 Å². The second kappa shape index (κ2) is 8.67. The Hall–Kier alpha value is -3.34. The molecule has 0 saturated heterocycles. The van der Waals surface area contributed by atoms with Crippen LogP contribution in [0.15, 0.2) is 78.0 Å². The van der Waals surface area contributed by atoms with Crippen molar-refractivity contribution < 1.29 is 9.53 Å². The maximum absolute atomic E-state index is 11.8. The van der Waals surface area contributed by atoms with Crippen molar-refractivity contribution in [2.45, 2.75) is 13.5 Å². The van der Waals surface area contributed by atoms with Gasteiger partial charge in [-0.05, 0) is 42.3 Å². The van der Waals surface area contributed by atoms with Gasteiger partial charge in [0.2, 0.25) is 0 Å². The zero-order valence-electron chi connectivity index (χ0n) is 14.6. The molecular weight excluding hydrogens is 326 g/mol. The first-order valence-corrected chi connectivity index (χ1v) is 8.51. The third-order valence-corrected chi connectivity index (χ3v) is 3.92. The molecule has 0 atom stereocenters. The maximum atomic E-state index is 11.8. The summed E-state index contributed by atoms with van der Waals surface area (Å²) in [6, 6.07) is 21.6. The Morgan fingerprint density at radius 1 is 1.04 bits per heavy atom. The fourth-order valence-corrected chi connectivity index (χ4v) is 2.56. The topological polar surface area (TPSA) is 55.6 Å². The van der Waals surface area contributed by atoms with Gasteiger partial charge in [0.25, 0.3) is 5.91 Å². The lowest BCUT2D eigenvalue weighted by Crippen LogP contribution is -2.24. The number of nitrogens with zero attached hydrogens (tertiary/aromatic N) is 2. The first-order valence-electron chi connectivity index (χ1n) is 8.51. The number of hydrogen-bond donors (Lipinski definition) is 1. The molecule has 132 valence electrons. The molecule has 0 unspecified atom stereocenters. The zero-order valence-corrected chi connectivity index (χ0v) is 14.6. The molecule has 0 spiro atoms. The molecule has 0 saturated carbocycles. The van der Waals surface area contributed by atoms with E-state index < -0.39 is 0 Å². The standard InChI is InChI=1S/C21H21N3O2/c1-2-24-14-6-9-19(24)15-22-23-21(25)16-26-20-12-10-18(11-13-20)17-7-4-3-5-8-17/h3-15H,2,16H2,1H3,(H,23,25)/b22-15+. The Bertz CT molecular complexity index is 868. The summed E-state index contributed by atoms with van der Waals surface area (Å²) in [5.41, 5.74) is 5.65. The normalized spacial score (nSPS) is 10.8. The largest absolute Gasteiger partial charge is 0.484 e. The second-order valence-corrected chi connectivity index (χ2v) is 5.69. The molecule has 1 heterocycles. The number of amides is 1. The summed E-state index contributed by atoms with van der Waals surface area (Å²) in [5.74, 6) is 0.340. The van der Waals surface area contributed by atoms with Crippen LogP contribution in [0.4, 0.5) is 0 Å². The summed E-state index contributed by atoms with van der Waals surface area (Å²) in [5, 5.41) is 3.96. The van der Waals surface area contributed by atoms with Crippen LogP contribution in [-0.4, -0.2) is 23.3 Å². The number of hydrazone groups is 1. The summed E-state index contributed by atoms with van der Waals surface area (Å²) in [7, 11) is 0. The summed E-state index contributed by atoms with van der Waals surface area (Å²) < 4.78 is 7.53. The number of hydrogen-bond acceptors (Lipinski definition) is 3. The van der Waals surface area contributed by atoms with Crippen molar-refractivity contribution in [1.82, 2.24) is 9.99 Å². The number of benzene rings is 2. The molecule has 3 aromatic rings. The van der Waals surface area contributed by atoms with Crippen LogP contribution in [0, 0.1) is 0 Å². The number of carbonyl (C=O) groups is 1. The molecule has 0 aliphatic rings. The summed E-state index contributed by atoms with van der Waals surface area (Å²) in [6.07, 6.45) is 3.58. The highest BCUT2D eigenvalue weighted by Crippen LogP contribution is 2.21. The quantitative estimate of drug-likeness (QED) is 0.523. The maximum Gasteiger partial charge on any atom is 0.277 e. The van der Waals surface area contributed by atoms with E-state index >= 15 is 0 Å². The van der Waals surface area contributed by atoms with Crippen molar-refractivity contribution >= 4 is 12.1 Å². The molecule has 1 N–H and O–H groups in total. The van der Waals surface area contributed by atoms with Crippen LogP contribution in [0.25, 0.3) is 11.1 Å². The second-order valence-electron chi connectivity index (χ2n) is 5.69. The molecule has 3 rings (SSSR count). The average Bonchev–Trinajstić information content (AvgIpc) is 3.15. The van der Waals surface area contributed by atoms with Crippen molar-refractivity contribution in [3.05, 3.63) is 78.6 Å². The van der Waals surface area contributed by atoms with Gasteiger partial charge in [0.05, 0.1) is 11.9 Å². The molecule has 0 fully saturated rings. The van der Waals surface area contributed by atoms with Crippen LogP contribution in [0.3, 0.4) is 0 Å². The van der Waals surface area contributed by atoms with Gasteiger partial charge in [-0.2, -0.15) is 5.10 Å². The number of aryl methyl sites for hydroxylation is 1. The van der Waals surface area contributed by atoms with Gasteiger partial charge in [-0.1, -0.05) is 42.5 Å². The minimum Gasteiger partial charge on any atom is -0.484 e. The first kappa shape index (κ1) is 17.5. The minimum absolute atomic E-state index is 0.0865. The molecule has 26 heavy (non-hydrogen) atoms. The van der Waals surface area contributed by atoms with E-state index in [1.54, 1.807) is 6.21 Å². The molecule has 1 amide bonds. The molecule has 1 aromatic heterocycles. The van der Waals surface area contributed by atoms with Crippen LogP contribution in [0.2, 0.25) is 0 Å². The molecular formula is C21H21N3O2. The van der Waals surface area contributed by atoms with Crippen molar-refractivity contribution in [3.8, 4) is 16.9 Å². The van der Waals surface area contributed by atoms with E-state index in [0.717, 1.165) is 23.4 Å². The first-order chi connectivity index (χ1) is 12.8. The summed E-state index contributed by atoms with van der Waals surface area (Å²) in [6.45, 7) is 2.81. The van der Waals surface area contributed by atoms with Gasteiger partial charge >= 0.3 is 0 Å². The Balaban J connectivity index is 1.48. The molecule has 0 radical (unpaired) electrons. The highest BCUT2D eigenvalue weighted by atomic mass is 16.5. The van der Waals surface area contributed by atoms with Crippen molar-refractivity contribution in [2.75, 3.05) is 6.61 Å². The zero-order chi connectivity index (χ0) is 18.2. The van der Waals surface area contributed by atoms with E-state index in [-0.39, 0.29) is 12.5 Å². The molecule has 0 bridgehead atoms. The van der Waals surface area contributed by atoms with Crippen LogP contribution in [0.1, 0.15) is 12.6 Å². The van der Waals surface area contributed by atoms with Crippen LogP contribution in [0.5, 0.6) is 5.75 Å². The number of carbonyl (C=O) groups excluding carboxylic acids is 1. The van der Waals surface area contributed by atoms with Crippen LogP contribution < -0.4 is 10.2 Å². The van der Waals surface area contributed by atoms with E-state index in [4.69, 9.17) is 4.74 Å². The SMILES string of the molecule is CCn1cccc1/C=N/NC(=O)COc1ccc(-c2ccccc2)cc1. The van der Waals surface area contributed by atoms with Gasteiger partial charge in [0.1, 0.15) is 5.75 Å². The predicted molar refractivity (Wildman–Crippen MR) is 103 cm³/mol. The lowest BCUT2D eigenvalue weighted by Gasteiger charge is -2.07. The summed E-state index contributed by atoms with van der Waals surface area (Å²) in [4.78, 5) is 11.8. The number of rotatable bonds is 7. The van der Waals surface area contributed by atoms with Gasteiger partial charge in [-0.3, -0.25) is 4.79 Å². The van der Waals surface area contributed by atoms with Crippen molar-refractivity contribution in [3.63, 3.8) is 0 Å². The lowest BCUT2D eigenvalue weighted by atomic mass is 10.1. The molecule has 2 aromatic carbocycles. The Morgan fingerprint density at radius 2 is 1.77 bits per heavy atom. The fourth-order valence-electron chi connectivity index (χ4n) is 2.56. The molecule has 5 nitrogen and oxygen atoms in total. The Kier molecular flexibility index (Phi) is 5.83. The highest BCUT2D eigenvalue weighted by molar-refractivity contribution is 5.81. The Morgan fingerprint density at radius 3 is 2.50 bits per heavy atom. The smallest absolute Gasteiger partial charge is 0.277 e. The number of ether oxygens (including phenoxy) is 1. The highest BCUT2D eigenvalue weighted by Gasteiger charge is 2.03. The predicted octanol–water partition coefficient (Wildman–Crippen LogP) is 3.70. The van der Waals surface area contributed by atoms with Crippen molar-refractivity contribution in [1.29, 1.82) is 0 Å². The van der Waals surface area contributed by atoms with Gasteiger partial charge in [0, 0.05) is 12.7 Å². The van der Waals surface area contributed by atoms with Gasteiger partial charge < -0.3 is 9.30 Å². The van der Waals surface area contributed by atoms with Gasteiger partial charge in [-0.15, -0.1) is 0 Å². The van der Waals surface area contributed by atoms with E-state index in [9.17, 15) is 4.79 Å². The fraction of sp³-hybridized carbons (Fsp3) is 0.143. The summed E-state index contributed by atoms with van der Waals surface area (Å²) >= 11 is 0. The van der Waals surface area contributed by atoms with E-state index in [2.05, 4.69) is 22.7 Å². The van der Waals surface area contributed by atoms with Gasteiger partial charge in [-0.25, -0.2) is 5.43 Å². The lowest BCUT2D eigenvalue weighted by molar-refractivity contribution is -0.123.